The highest BCUT2D eigenvalue weighted by Crippen LogP contribution is 2.27. The summed E-state index contributed by atoms with van der Waals surface area (Å²) in [6.45, 7) is 5.96. The number of hydrogen-bond donors (Lipinski definition) is 0. The van der Waals surface area contributed by atoms with E-state index in [0.29, 0.717) is 5.15 Å². The monoisotopic (exact) mass is 233 g/mol. The summed E-state index contributed by atoms with van der Waals surface area (Å²) in [5, 5.41) is 8.58. The molecule has 0 fully saturated rings. The molecule has 0 amide bonds. The SMILES string of the molecule is Cc1cnccc1-c1nnc(Cl)c(C)c1C. The lowest BCUT2D eigenvalue weighted by Gasteiger charge is -2.09. The molecular weight excluding hydrogens is 222 g/mol. The maximum Gasteiger partial charge on any atom is 0.154 e. The molecule has 0 aromatic carbocycles. The quantitative estimate of drug-likeness (QED) is 0.760. The second-order valence-electron chi connectivity index (χ2n) is 3.78. The predicted octanol–water partition coefficient (Wildman–Crippen LogP) is 3.12. The minimum Gasteiger partial charge on any atom is -0.264 e. The number of aromatic nitrogens is 3. The van der Waals surface area contributed by atoms with Gasteiger partial charge >= 0.3 is 0 Å². The first-order valence-corrected chi connectivity index (χ1v) is 5.39. The molecule has 2 aromatic rings. The minimum absolute atomic E-state index is 0.466. The Kier molecular flexibility index (Phi) is 2.88. The van der Waals surface area contributed by atoms with Crippen molar-refractivity contribution in [3.8, 4) is 11.3 Å². The summed E-state index contributed by atoms with van der Waals surface area (Å²) in [5.74, 6) is 0. The molecule has 0 atom stereocenters. The van der Waals surface area contributed by atoms with Crippen molar-refractivity contribution in [2.75, 3.05) is 0 Å². The molecule has 3 nitrogen and oxygen atoms in total. The van der Waals surface area contributed by atoms with Crippen LogP contribution in [-0.4, -0.2) is 15.2 Å². The maximum absolute atomic E-state index is 5.93. The van der Waals surface area contributed by atoms with Gasteiger partial charge in [-0.2, -0.15) is 0 Å². The van der Waals surface area contributed by atoms with Gasteiger partial charge in [-0.15, -0.1) is 10.2 Å². The summed E-state index contributed by atoms with van der Waals surface area (Å²) >= 11 is 5.93. The molecular formula is C12H12ClN3. The fourth-order valence-corrected chi connectivity index (χ4v) is 1.75. The highest BCUT2D eigenvalue weighted by atomic mass is 35.5. The molecule has 0 radical (unpaired) electrons. The van der Waals surface area contributed by atoms with Crippen LogP contribution in [0.5, 0.6) is 0 Å². The van der Waals surface area contributed by atoms with E-state index in [9.17, 15) is 0 Å². The maximum atomic E-state index is 5.93. The molecule has 0 aliphatic carbocycles. The minimum atomic E-state index is 0.466. The van der Waals surface area contributed by atoms with Crippen molar-refractivity contribution in [3.05, 3.63) is 40.3 Å². The summed E-state index contributed by atoms with van der Waals surface area (Å²) in [6.07, 6.45) is 3.58. The predicted molar refractivity (Wildman–Crippen MR) is 64.5 cm³/mol. The molecule has 0 N–H and O–H groups in total. The van der Waals surface area contributed by atoms with Crippen LogP contribution in [0.4, 0.5) is 0 Å². The number of halogens is 1. The third-order valence-electron chi connectivity index (χ3n) is 2.74. The van der Waals surface area contributed by atoms with E-state index < -0.39 is 0 Å². The zero-order valence-electron chi connectivity index (χ0n) is 9.45. The van der Waals surface area contributed by atoms with Crippen molar-refractivity contribution in [1.82, 2.24) is 15.2 Å². The van der Waals surface area contributed by atoms with Crippen LogP contribution >= 0.6 is 11.6 Å². The van der Waals surface area contributed by atoms with Crippen LogP contribution < -0.4 is 0 Å². The Morgan fingerprint density at radius 3 is 2.50 bits per heavy atom. The Balaban J connectivity index is 2.66. The van der Waals surface area contributed by atoms with E-state index in [1.165, 1.54) is 0 Å². The first-order valence-electron chi connectivity index (χ1n) is 5.01. The molecule has 2 rings (SSSR count). The van der Waals surface area contributed by atoms with Gasteiger partial charge in [0, 0.05) is 18.0 Å². The summed E-state index contributed by atoms with van der Waals surface area (Å²) in [7, 11) is 0. The van der Waals surface area contributed by atoms with Gasteiger partial charge < -0.3 is 0 Å². The van der Waals surface area contributed by atoms with Crippen molar-refractivity contribution < 1.29 is 0 Å². The van der Waals surface area contributed by atoms with Crippen LogP contribution in [0.2, 0.25) is 5.15 Å². The number of rotatable bonds is 1. The van der Waals surface area contributed by atoms with E-state index in [0.717, 1.165) is 27.9 Å². The Hall–Kier alpha value is -1.48. The lowest BCUT2D eigenvalue weighted by molar-refractivity contribution is 1.000. The van der Waals surface area contributed by atoms with Crippen molar-refractivity contribution in [3.63, 3.8) is 0 Å². The van der Waals surface area contributed by atoms with Gasteiger partial charge in [0.2, 0.25) is 0 Å². The number of hydrogen-bond acceptors (Lipinski definition) is 3. The Morgan fingerprint density at radius 2 is 1.81 bits per heavy atom. The summed E-state index contributed by atoms with van der Waals surface area (Å²) < 4.78 is 0. The van der Waals surface area contributed by atoms with Crippen LogP contribution in [0.3, 0.4) is 0 Å². The smallest absolute Gasteiger partial charge is 0.154 e. The van der Waals surface area contributed by atoms with E-state index in [1.54, 1.807) is 6.20 Å². The fraction of sp³-hybridized carbons (Fsp3) is 0.250. The van der Waals surface area contributed by atoms with E-state index in [-0.39, 0.29) is 0 Å². The van der Waals surface area contributed by atoms with Crippen LogP contribution in [0.15, 0.2) is 18.5 Å². The largest absolute Gasteiger partial charge is 0.264 e. The van der Waals surface area contributed by atoms with E-state index in [4.69, 9.17) is 11.6 Å². The zero-order valence-corrected chi connectivity index (χ0v) is 10.2. The third-order valence-corrected chi connectivity index (χ3v) is 3.10. The second kappa shape index (κ2) is 4.18. The van der Waals surface area contributed by atoms with Crippen LogP contribution in [0.25, 0.3) is 11.3 Å². The normalized spacial score (nSPS) is 10.5. The Morgan fingerprint density at radius 1 is 1.06 bits per heavy atom. The highest BCUT2D eigenvalue weighted by molar-refractivity contribution is 6.30. The van der Waals surface area contributed by atoms with Gasteiger partial charge in [0.1, 0.15) is 0 Å². The van der Waals surface area contributed by atoms with Crippen molar-refractivity contribution in [1.29, 1.82) is 0 Å². The Bertz CT molecular complexity index is 538. The lowest BCUT2D eigenvalue weighted by Crippen LogP contribution is -1.98. The zero-order chi connectivity index (χ0) is 11.7. The van der Waals surface area contributed by atoms with Crippen molar-refractivity contribution in [2.45, 2.75) is 20.8 Å². The van der Waals surface area contributed by atoms with Crippen LogP contribution in [-0.2, 0) is 0 Å². The standard InChI is InChI=1S/C12H12ClN3/c1-7-6-14-5-4-10(7)11-8(2)9(3)12(13)16-15-11/h4-6H,1-3H3. The van der Waals surface area contributed by atoms with Gasteiger partial charge in [0.05, 0.1) is 5.69 Å². The molecule has 0 bridgehead atoms. The summed E-state index contributed by atoms with van der Waals surface area (Å²) in [6, 6.07) is 1.94. The number of nitrogens with zero attached hydrogens (tertiary/aromatic N) is 3. The molecule has 16 heavy (non-hydrogen) atoms. The summed E-state index contributed by atoms with van der Waals surface area (Å²) in [5.41, 5.74) is 5.06. The Labute approximate surface area is 99.5 Å². The van der Waals surface area contributed by atoms with Crippen molar-refractivity contribution in [2.24, 2.45) is 0 Å². The lowest BCUT2D eigenvalue weighted by atomic mass is 10.0. The average molecular weight is 234 g/mol. The fourth-order valence-electron chi connectivity index (χ4n) is 1.57. The molecule has 0 saturated carbocycles. The molecule has 2 aromatic heterocycles. The van der Waals surface area contributed by atoms with Gasteiger partial charge in [0.15, 0.2) is 5.15 Å². The molecule has 0 aliphatic rings. The topological polar surface area (TPSA) is 38.7 Å². The van der Waals surface area contributed by atoms with Crippen molar-refractivity contribution >= 4 is 11.6 Å². The van der Waals surface area contributed by atoms with Gasteiger partial charge in [0.25, 0.3) is 0 Å². The molecule has 0 spiro atoms. The molecule has 4 heteroatoms. The molecule has 82 valence electrons. The first kappa shape index (κ1) is 11.0. The molecule has 0 saturated heterocycles. The second-order valence-corrected chi connectivity index (χ2v) is 4.14. The number of pyridine rings is 1. The molecule has 2 heterocycles. The number of aryl methyl sites for hydroxylation is 1. The van der Waals surface area contributed by atoms with E-state index in [2.05, 4.69) is 15.2 Å². The van der Waals surface area contributed by atoms with Gasteiger partial charge in [-0.3, -0.25) is 4.98 Å². The van der Waals surface area contributed by atoms with E-state index >= 15 is 0 Å². The van der Waals surface area contributed by atoms with E-state index in [1.807, 2.05) is 33.0 Å². The molecule has 0 unspecified atom stereocenters. The average Bonchev–Trinajstić information content (AvgIpc) is 2.28. The molecule has 0 aliphatic heterocycles. The van der Waals surface area contributed by atoms with Crippen LogP contribution in [0, 0.1) is 20.8 Å². The van der Waals surface area contributed by atoms with Crippen LogP contribution in [0.1, 0.15) is 16.7 Å². The van der Waals surface area contributed by atoms with Gasteiger partial charge in [-0.25, -0.2) is 0 Å². The van der Waals surface area contributed by atoms with Gasteiger partial charge in [-0.05, 0) is 43.5 Å². The highest BCUT2D eigenvalue weighted by Gasteiger charge is 2.11. The summed E-state index contributed by atoms with van der Waals surface area (Å²) in [4.78, 5) is 4.07. The first-order chi connectivity index (χ1) is 7.61. The van der Waals surface area contributed by atoms with Gasteiger partial charge in [-0.1, -0.05) is 11.6 Å². The third kappa shape index (κ3) is 1.78.